The van der Waals surface area contributed by atoms with E-state index in [2.05, 4.69) is 5.32 Å². The Bertz CT molecular complexity index is 417. The smallest absolute Gasteiger partial charge is 0.375 e. The number of Topliss-reactive ketones (excluding diaryl/α,β-unsaturated/α-hetero) is 1. The molecule has 98 valence electrons. The predicted octanol–water partition coefficient (Wildman–Crippen LogP) is 3.32. The molecule has 1 N–H and O–H groups in total. The van der Waals surface area contributed by atoms with Gasteiger partial charge in [-0.25, -0.2) is 0 Å². The maximum absolute atomic E-state index is 12.0. The second-order valence-corrected chi connectivity index (χ2v) is 4.49. The summed E-state index contributed by atoms with van der Waals surface area (Å²) >= 11 is 0. The number of hydrogen-bond donors (Lipinski definition) is 1. The fourth-order valence-electron chi connectivity index (χ4n) is 2.13. The molecular formula is C13H14F3NO. The number of carbonyl (C=O) groups is 1. The van der Waals surface area contributed by atoms with E-state index in [9.17, 15) is 18.0 Å². The molecule has 0 aromatic heterocycles. The summed E-state index contributed by atoms with van der Waals surface area (Å²) in [7, 11) is 0. The lowest BCUT2D eigenvalue weighted by Crippen LogP contribution is -2.27. The lowest BCUT2D eigenvalue weighted by Gasteiger charge is -2.10. The average Bonchev–Trinajstić information content (AvgIpc) is 2.70. The van der Waals surface area contributed by atoms with Crippen molar-refractivity contribution in [2.75, 3.05) is 5.32 Å². The van der Waals surface area contributed by atoms with Crippen molar-refractivity contribution < 1.29 is 18.0 Å². The third kappa shape index (κ3) is 3.24. The SMILES string of the molecule is O=C(CCCC(F)(F)F)C1Cc2ccccc2N1. The minimum absolute atomic E-state index is 0.0227. The van der Waals surface area contributed by atoms with E-state index < -0.39 is 12.6 Å². The Morgan fingerprint density at radius 3 is 2.72 bits per heavy atom. The van der Waals surface area contributed by atoms with Crippen LogP contribution in [-0.4, -0.2) is 18.0 Å². The van der Waals surface area contributed by atoms with Crippen LogP contribution in [0.3, 0.4) is 0 Å². The summed E-state index contributed by atoms with van der Waals surface area (Å²) in [6, 6.07) is 7.18. The summed E-state index contributed by atoms with van der Waals surface area (Å²) in [5, 5.41) is 3.05. The van der Waals surface area contributed by atoms with Gasteiger partial charge in [-0.15, -0.1) is 0 Å². The summed E-state index contributed by atoms with van der Waals surface area (Å²) in [5.41, 5.74) is 1.96. The Labute approximate surface area is 103 Å². The number of alkyl halides is 3. The Balaban J connectivity index is 1.83. The number of anilines is 1. The van der Waals surface area contributed by atoms with Crippen LogP contribution < -0.4 is 5.32 Å². The van der Waals surface area contributed by atoms with Crippen molar-refractivity contribution in [3.05, 3.63) is 29.8 Å². The van der Waals surface area contributed by atoms with Gasteiger partial charge in [-0.1, -0.05) is 18.2 Å². The van der Waals surface area contributed by atoms with Gasteiger partial charge in [0.25, 0.3) is 0 Å². The third-order valence-corrected chi connectivity index (χ3v) is 3.04. The first-order valence-corrected chi connectivity index (χ1v) is 5.89. The van der Waals surface area contributed by atoms with E-state index in [4.69, 9.17) is 0 Å². The zero-order valence-electron chi connectivity index (χ0n) is 9.76. The highest BCUT2D eigenvalue weighted by Crippen LogP contribution is 2.27. The zero-order valence-corrected chi connectivity index (χ0v) is 9.76. The molecule has 0 aliphatic carbocycles. The lowest BCUT2D eigenvalue weighted by molar-refractivity contribution is -0.137. The molecule has 2 rings (SSSR count). The number of ketones is 1. The molecule has 1 aliphatic heterocycles. The van der Waals surface area contributed by atoms with Gasteiger partial charge in [0.15, 0.2) is 5.78 Å². The van der Waals surface area contributed by atoms with E-state index in [1.54, 1.807) is 0 Å². The average molecular weight is 257 g/mol. The van der Waals surface area contributed by atoms with Crippen LogP contribution in [0.2, 0.25) is 0 Å². The maximum Gasteiger partial charge on any atom is 0.389 e. The molecule has 2 nitrogen and oxygen atoms in total. The van der Waals surface area contributed by atoms with Gasteiger partial charge in [0.05, 0.1) is 6.04 Å². The first-order chi connectivity index (χ1) is 8.46. The van der Waals surface area contributed by atoms with Crippen molar-refractivity contribution >= 4 is 11.5 Å². The quantitative estimate of drug-likeness (QED) is 0.896. The molecule has 0 bridgehead atoms. The highest BCUT2D eigenvalue weighted by atomic mass is 19.4. The van der Waals surface area contributed by atoms with Gasteiger partial charge in [0.2, 0.25) is 0 Å². The lowest BCUT2D eigenvalue weighted by atomic mass is 10.0. The second kappa shape index (κ2) is 5.00. The summed E-state index contributed by atoms with van der Waals surface area (Å²) in [6.45, 7) is 0. The van der Waals surface area contributed by atoms with Gasteiger partial charge in [0, 0.05) is 24.9 Å². The molecule has 0 saturated heterocycles. The summed E-state index contributed by atoms with van der Waals surface area (Å²) < 4.78 is 35.9. The Morgan fingerprint density at radius 1 is 1.33 bits per heavy atom. The normalized spacial score (nSPS) is 18.3. The molecule has 0 amide bonds. The molecule has 1 heterocycles. The fraction of sp³-hybridized carbons (Fsp3) is 0.462. The summed E-state index contributed by atoms with van der Waals surface area (Å²) in [6.07, 6.45) is -4.65. The van der Waals surface area contributed by atoms with Crippen LogP contribution in [-0.2, 0) is 11.2 Å². The second-order valence-electron chi connectivity index (χ2n) is 4.49. The molecule has 1 atom stereocenters. The number of rotatable bonds is 4. The Morgan fingerprint density at radius 2 is 2.06 bits per heavy atom. The Kier molecular flexibility index (Phi) is 3.59. The molecule has 1 unspecified atom stereocenters. The van der Waals surface area contributed by atoms with E-state index >= 15 is 0 Å². The minimum Gasteiger partial charge on any atom is -0.375 e. The van der Waals surface area contributed by atoms with E-state index in [1.165, 1.54) is 0 Å². The molecule has 0 spiro atoms. The van der Waals surface area contributed by atoms with Gasteiger partial charge in [-0.2, -0.15) is 13.2 Å². The molecule has 1 aromatic rings. The van der Waals surface area contributed by atoms with Crippen LogP contribution in [0, 0.1) is 0 Å². The van der Waals surface area contributed by atoms with Crippen LogP contribution >= 0.6 is 0 Å². The number of nitrogens with one attached hydrogen (secondary N) is 1. The largest absolute Gasteiger partial charge is 0.389 e. The van der Waals surface area contributed by atoms with Crippen molar-refractivity contribution in [2.45, 2.75) is 37.9 Å². The highest BCUT2D eigenvalue weighted by molar-refractivity contribution is 5.89. The minimum atomic E-state index is -4.17. The predicted molar refractivity (Wildman–Crippen MR) is 62.5 cm³/mol. The van der Waals surface area contributed by atoms with Gasteiger partial charge in [-0.05, 0) is 18.1 Å². The molecular weight excluding hydrogens is 243 g/mol. The highest BCUT2D eigenvalue weighted by Gasteiger charge is 2.29. The Hall–Kier alpha value is -1.52. The molecule has 1 aliphatic rings. The van der Waals surface area contributed by atoms with Crippen LogP contribution in [0.15, 0.2) is 24.3 Å². The molecule has 0 radical (unpaired) electrons. The van der Waals surface area contributed by atoms with E-state index in [0.29, 0.717) is 6.42 Å². The van der Waals surface area contributed by atoms with E-state index in [0.717, 1.165) is 11.3 Å². The van der Waals surface area contributed by atoms with Gasteiger partial charge < -0.3 is 5.32 Å². The van der Waals surface area contributed by atoms with Crippen LogP contribution in [0.5, 0.6) is 0 Å². The van der Waals surface area contributed by atoms with Crippen molar-refractivity contribution in [1.29, 1.82) is 0 Å². The molecule has 0 fully saturated rings. The topological polar surface area (TPSA) is 29.1 Å². The molecule has 0 saturated carbocycles. The number of para-hydroxylation sites is 1. The van der Waals surface area contributed by atoms with E-state index in [1.807, 2.05) is 24.3 Å². The number of hydrogen-bond acceptors (Lipinski definition) is 2. The number of carbonyl (C=O) groups excluding carboxylic acids is 1. The number of halogens is 3. The van der Waals surface area contributed by atoms with Gasteiger partial charge >= 0.3 is 6.18 Å². The van der Waals surface area contributed by atoms with Crippen molar-refractivity contribution in [3.63, 3.8) is 0 Å². The maximum atomic E-state index is 12.0. The first kappa shape index (κ1) is 12.9. The van der Waals surface area contributed by atoms with Crippen LogP contribution in [0.1, 0.15) is 24.8 Å². The summed E-state index contributed by atoms with van der Waals surface area (Å²) in [5.74, 6) is -0.143. The van der Waals surface area contributed by atoms with Crippen molar-refractivity contribution in [3.8, 4) is 0 Å². The van der Waals surface area contributed by atoms with Crippen molar-refractivity contribution in [2.24, 2.45) is 0 Å². The molecule has 1 aromatic carbocycles. The van der Waals surface area contributed by atoms with E-state index in [-0.39, 0.29) is 24.7 Å². The van der Waals surface area contributed by atoms with Crippen molar-refractivity contribution in [1.82, 2.24) is 0 Å². The third-order valence-electron chi connectivity index (χ3n) is 3.04. The first-order valence-electron chi connectivity index (χ1n) is 5.89. The van der Waals surface area contributed by atoms with Crippen LogP contribution in [0.4, 0.5) is 18.9 Å². The summed E-state index contributed by atoms with van der Waals surface area (Å²) in [4.78, 5) is 11.8. The number of fused-ring (bicyclic) bond motifs is 1. The molecule has 5 heteroatoms. The fourth-order valence-corrected chi connectivity index (χ4v) is 2.13. The van der Waals surface area contributed by atoms with Crippen LogP contribution in [0.25, 0.3) is 0 Å². The standard InChI is InChI=1S/C13H14F3NO/c14-13(15,16)7-3-6-12(18)11-8-9-4-1-2-5-10(9)17-11/h1-2,4-5,11,17H,3,6-8H2. The monoisotopic (exact) mass is 257 g/mol. The van der Waals surface area contributed by atoms with Gasteiger partial charge in [0.1, 0.15) is 0 Å². The zero-order chi connectivity index (χ0) is 13.2. The van der Waals surface area contributed by atoms with Gasteiger partial charge in [-0.3, -0.25) is 4.79 Å². The molecule has 18 heavy (non-hydrogen) atoms. The number of benzene rings is 1.